The van der Waals surface area contributed by atoms with Gasteiger partial charge in [0.25, 0.3) is 5.91 Å². The molecule has 4 nitrogen and oxygen atoms in total. The summed E-state index contributed by atoms with van der Waals surface area (Å²) in [4.78, 5) is 12.4. The smallest absolute Gasteiger partial charge is 0.872 e. The van der Waals surface area contributed by atoms with Gasteiger partial charge in [0, 0.05) is 5.56 Å². The van der Waals surface area contributed by atoms with Crippen LogP contribution in [0.4, 0.5) is 5.69 Å². The van der Waals surface area contributed by atoms with Gasteiger partial charge in [-0.1, -0.05) is 48.2 Å². The molecule has 1 amide bonds. The molecule has 0 bridgehead atoms. The molecule has 0 aromatic heterocycles. The van der Waals surface area contributed by atoms with Gasteiger partial charge in [-0.3, -0.25) is 4.79 Å². The zero-order valence-electron chi connectivity index (χ0n) is 13.0. The third kappa shape index (κ3) is 3.67. The second-order valence-electron chi connectivity index (χ2n) is 4.85. The van der Waals surface area contributed by atoms with Gasteiger partial charge in [-0.2, -0.15) is 0 Å². The number of ether oxygens (including phenoxy) is 1. The SMILES string of the molecule is COc1ccccc1NC(=O)c1cc2ccccc2cc1[O-].[Na+]. The molecular formula is C18H14NNaO3. The number of fused-ring (bicyclic) bond motifs is 1. The Labute approximate surface area is 156 Å². The zero-order chi connectivity index (χ0) is 15.5. The minimum Gasteiger partial charge on any atom is -0.872 e. The van der Waals surface area contributed by atoms with E-state index in [1.165, 1.54) is 13.2 Å². The Morgan fingerprint density at radius 1 is 1.00 bits per heavy atom. The van der Waals surface area contributed by atoms with E-state index in [-0.39, 0.29) is 40.9 Å². The molecular weight excluding hydrogens is 301 g/mol. The number of carbonyl (C=O) groups excluding carboxylic acids is 1. The van der Waals surface area contributed by atoms with Gasteiger partial charge in [-0.25, -0.2) is 0 Å². The summed E-state index contributed by atoms with van der Waals surface area (Å²) in [5, 5.41) is 16.5. The van der Waals surface area contributed by atoms with Crippen LogP contribution in [-0.4, -0.2) is 13.0 Å². The van der Waals surface area contributed by atoms with Gasteiger partial charge < -0.3 is 15.2 Å². The van der Waals surface area contributed by atoms with Crippen LogP contribution in [0.25, 0.3) is 10.8 Å². The summed E-state index contributed by atoms with van der Waals surface area (Å²) in [7, 11) is 1.53. The molecule has 3 aromatic carbocycles. The number of benzene rings is 3. The van der Waals surface area contributed by atoms with Crippen LogP contribution >= 0.6 is 0 Å². The van der Waals surface area contributed by atoms with Crippen LogP contribution in [0.5, 0.6) is 11.5 Å². The average Bonchev–Trinajstić information content (AvgIpc) is 2.54. The van der Waals surface area contributed by atoms with Crippen LogP contribution in [-0.2, 0) is 0 Å². The third-order valence-electron chi connectivity index (χ3n) is 3.45. The van der Waals surface area contributed by atoms with Crippen molar-refractivity contribution in [1.29, 1.82) is 0 Å². The Balaban J connectivity index is 0.00000192. The first kappa shape index (κ1) is 17.3. The number of hydrogen-bond donors (Lipinski definition) is 1. The number of anilines is 1. The Kier molecular flexibility index (Phi) is 5.66. The molecule has 0 unspecified atom stereocenters. The molecule has 0 spiro atoms. The first-order chi connectivity index (χ1) is 10.7. The molecule has 5 heteroatoms. The van der Waals surface area contributed by atoms with E-state index in [1.807, 2.05) is 30.3 Å². The first-order valence-electron chi connectivity index (χ1n) is 6.83. The van der Waals surface area contributed by atoms with Crippen molar-refractivity contribution in [2.24, 2.45) is 0 Å². The van der Waals surface area contributed by atoms with Crippen LogP contribution in [0.1, 0.15) is 10.4 Å². The summed E-state index contributed by atoms with van der Waals surface area (Å²) in [6.45, 7) is 0. The maximum Gasteiger partial charge on any atom is 1.00 e. The van der Waals surface area contributed by atoms with Crippen LogP contribution in [0.3, 0.4) is 0 Å². The summed E-state index contributed by atoms with van der Waals surface area (Å²) >= 11 is 0. The van der Waals surface area contributed by atoms with Gasteiger partial charge in [-0.05, 0) is 29.0 Å². The Morgan fingerprint density at radius 2 is 1.61 bits per heavy atom. The Bertz CT molecular complexity index is 849. The third-order valence-corrected chi connectivity index (χ3v) is 3.45. The van der Waals surface area contributed by atoms with Crippen molar-refractivity contribution in [2.45, 2.75) is 0 Å². The molecule has 0 aliphatic rings. The molecule has 110 valence electrons. The molecule has 0 aliphatic carbocycles. The molecule has 0 heterocycles. The van der Waals surface area contributed by atoms with Gasteiger partial charge in [0.05, 0.1) is 12.8 Å². The Morgan fingerprint density at radius 3 is 2.30 bits per heavy atom. The molecule has 3 aromatic rings. The van der Waals surface area contributed by atoms with Gasteiger partial charge in [0.2, 0.25) is 0 Å². The Hall–Kier alpha value is -2.01. The summed E-state index contributed by atoms with van der Waals surface area (Å²) < 4.78 is 5.19. The van der Waals surface area contributed by atoms with Crippen molar-refractivity contribution in [2.75, 3.05) is 12.4 Å². The molecule has 1 N–H and O–H groups in total. The fraction of sp³-hybridized carbons (Fsp3) is 0.0556. The fourth-order valence-corrected chi connectivity index (χ4v) is 2.33. The topological polar surface area (TPSA) is 61.4 Å². The van der Waals surface area contributed by atoms with Gasteiger partial charge >= 0.3 is 29.6 Å². The quantitative estimate of drug-likeness (QED) is 0.701. The predicted octanol–water partition coefficient (Wildman–Crippen LogP) is 0.178. The van der Waals surface area contributed by atoms with Gasteiger partial charge in [0.15, 0.2) is 0 Å². The number of methoxy groups -OCH3 is 1. The molecule has 0 atom stereocenters. The van der Waals surface area contributed by atoms with Crippen LogP contribution in [0.15, 0.2) is 60.7 Å². The van der Waals surface area contributed by atoms with E-state index < -0.39 is 5.91 Å². The van der Waals surface area contributed by atoms with Crippen LogP contribution in [0, 0.1) is 0 Å². The fourth-order valence-electron chi connectivity index (χ4n) is 2.33. The van der Waals surface area contributed by atoms with E-state index in [0.717, 1.165) is 10.8 Å². The van der Waals surface area contributed by atoms with E-state index in [2.05, 4.69) is 5.32 Å². The monoisotopic (exact) mass is 315 g/mol. The normalized spacial score (nSPS) is 9.96. The number of para-hydroxylation sites is 2. The van der Waals surface area contributed by atoms with E-state index in [9.17, 15) is 9.90 Å². The molecule has 0 aliphatic heterocycles. The molecule has 23 heavy (non-hydrogen) atoms. The second-order valence-corrected chi connectivity index (χ2v) is 4.85. The average molecular weight is 315 g/mol. The molecule has 3 rings (SSSR count). The number of carbonyl (C=O) groups is 1. The van der Waals surface area contributed by atoms with Crippen LogP contribution < -0.4 is 44.7 Å². The molecule has 0 fully saturated rings. The largest absolute Gasteiger partial charge is 1.00 e. The number of rotatable bonds is 3. The number of nitrogens with one attached hydrogen (secondary N) is 1. The maximum absolute atomic E-state index is 12.4. The summed E-state index contributed by atoms with van der Waals surface area (Å²) in [6.07, 6.45) is 0. The summed E-state index contributed by atoms with van der Waals surface area (Å²) in [5.74, 6) is -0.199. The van der Waals surface area contributed by atoms with Gasteiger partial charge in [-0.15, -0.1) is 0 Å². The van der Waals surface area contributed by atoms with Crippen LogP contribution in [0.2, 0.25) is 0 Å². The van der Waals surface area contributed by atoms with E-state index in [1.54, 1.807) is 24.3 Å². The summed E-state index contributed by atoms with van der Waals surface area (Å²) in [5.41, 5.74) is 0.646. The zero-order valence-corrected chi connectivity index (χ0v) is 15.0. The van der Waals surface area contributed by atoms with Crippen molar-refractivity contribution in [3.63, 3.8) is 0 Å². The molecule has 0 saturated heterocycles. The maximum atomic E-state index is 12.4. The van der Waals surface area contributed by atoms with E-state index in [4.69, 9.17) is 4.74 Å². The minimum absolute atomic E-state index is 0. The molecule has 0 saturated carbocycles. The van der Waals surface area contributed by atoms with Crippen molar-refractivity contribution in [1.82, 2.24) is 0 Å². The standard InChI is InChI=1S/C18H15NO3.Na/c1-22-17-9-5-4-8-15(17)19-18(21)14-10-12-6-2-3-7-13(12)11-16(14)20;/h2-11,20H,1H3,(H,19,21);/q;+1/p-1. The first-order valence-corrected chi connectivity index (χ1v) is 6.83. The predicted molar refractivity (Wildman–Crippen MR) is 84.3 cm³/mol. The summed E-state index contributed by atoms with van der Waals surface area (Å²) in [6, 6.07) is 17.6. The van der Waals surface area contributed by atoms with Crippen molar-refractivity contribution >= 4 is 22.4 Å². The van der Waals surface area contributed by atoms with Crippen molar-refractivity contribution < 1.29 is 44.2 Å². The van der Waals surface area contributed by atoms with Crippen molar-refractivity contribution in [3.8, 4) is 11.5 Å². The second kappa shape index (κ2) is 7.51. The van der Waals surface area contributed by atoms with E-state index in [0.29, 0.717) is 11.4 Å². The van der Waals surface area contributed by atoms with Gasteiger partial charge in [0.1, 0.15) is 5.75 Å². The van der Waals surface area contributed by atoms with Crippen molar-refractivity contribution in [3.05, 3.63) is 66.2 Å². The number of hydrogen-bond acceptors (Lipinski definition) is 3. The minimum atomic E-state index is -0.444. The molecule has 0 radical (unpaired) electrons. The number of amides is 1. The van der Waals surface area contributed by atoms with E-state index >= 15 is 0 Å².